The number of benzene rings is 2. The molecule has 4 heteroatoms. The summed E-state index contributed by atoms with van der Waals surface area (Å²) < 4.78 is 11.7. The number of hydrogen-bond donors (Lipinski definition) is 0. The van der Waals surface area contributed by atoms with E-state index in [1.807, 2.05) is 24.3 Å². The highest BCUT2D eigenvalue weighted by Crippen LogP contribution is 2.33. The van der Waals surface area contributed by atoms with Crippen molar-refractivity contribution in [2.45, 2.75) is 11.2 Å². The average Bonchev–Trinajstić information content (AvgIpc) is 2.47. The van der Waals surface area contributed by atoms with Gasteiger partial charge in [0.05, 0.1) is 14.2 Å². The summed E-state index contributed by atoms with van der Waals surface area (Å²) in [4.78, 5) is 0.262. The van der Waals surface area contributed by atoms with Crippen LogP contribution in [0.2, 0.25) is 0 Å². The van der Waals surface area contributed by atoms with Gasteiger partial charge < -0.3 is 9.47 Å². The molecule has 2 aromatic rings. The first-order valence-electron chi connectivity index (χ1n) is 6.24. The Hall–Kier alpha value is -1.00. The SMILES string of the molecule is COc1ccc(CC(Br)c2cccc(Br)c2)cc1OC. The fraction of sp³-hybridized carbons (Fsp3) is 0.250. The van der Waals surface area contributed by atoms with Crippen LogP contribution in [0.5, 0.6) is 11.5 Å². The van der Waals surface area contributed by atoms with E-state index in [0.29, 0.717) is 0 Å². The van der Waals surface area contributed by atoms with Gasteiger partial charge in [0.25, 0.3) is 0 Å². The van der Waals surface area contributed by atoms with Gasteiger partial charge in [0.2, 0.25) is 0 Å². The molecule has 0 bridgehead atoms. The van der Waals surface area contributed by atoms with Gasteiger partial charge in [-0.05, 0) is 41.8 Å². The lowest BCUT2D eigenvalue weighted by Gasteiger charge is -2.13. The maximum atomic E-state index is 5.34. The minimum absolute atomic E-state index is 0.262. The molecule has 0 aliphatic carbocycles. The maximum Gasteiger partial charge on any atom is 0.160 e. The van der Waals surface area contributed by atoms with Gasteiger partial charge in [0.15, 0.2) is 11.5 Å². The van der Waals surface area contributed by atoms with Crippen molar-refractivity contribution in [3.63, 3.8) is 0 Å². The Kier molecular flexibility index (Phi) is 5.49. The van der Waals surface area contributed by atoms with Crippen LogP contribution in [0, 0.1) is 0 Å². The summed E-state index contributed by atoms with van der Waals surface area (Å²) >= 11 is 7.25. The molecule has 2 rings (SSSR count). The molecule has 0 amide bonds. The molecule has 0 aliphatic heterocycles. The van der Waals surface area contributed by atoms with E-state index in [0.717, 1.165) is 22.4 Å². The van der Waals surface area contributed by atoms with E-state index in [4.69, 9.17) is 9.47 Å². The zero-order valence-electron chi connectivity index (χ0n) is 11.4. The number of ether oxygens (including phenoxy) is 2. The molecular formula is C16H16Br2O2. The van der Waals surface area contributed by atoms with E-state index in [1.165, 1.54) is 11.1 Å². The Morgan fingerprint density at radius 1 is 1.00 bits per heavy atom. The van der Waals surface area contributed by atoms with Crippen molar-refractivity contribution in [3.05, 3.63) is 58.1 Å². The third kappa shape index (κ3) is 3.76. The van der Waals surface area contributed by atoms with Gasteiger partial charge in [-0.1, -0.05) is 50.1 Å². The minimum Gasteiger partial charge on any atom is -0.493 e. The van der Waals surface area contributed by atoms with Crippen molar-refractivity contribution >= 4 is 31.9 Å². The van der Waals surface area contributed by atoms with Gasteiger partial charge in [-0.15, -0.1) is 0 Å². The monoisotopic (exact) mass is 398 g/mol. The van der Waals surface area contributed by atoms with Crippen LogP contribution < -0.4 is 9.47 Å². The molecule has 106 valence electrons. The molecule has 0 saturated carbocycles. The van der Waals surface area contributed by atoms with E-state index in [2.05, 4.69) is 50.1 Å². The Labute approximate surface area is 136 Å². The summed E-state index contributed by atoms with van der Waals surface area (Å²) in [7, 11) is 3.30. The van der Waals surface area contributed by atoms with Gasteiger partial charge in [0, 0.05) is 9.30 Å². The molecule has 0 N–H and O–H groups in total. The molecule has 0 saturated heterocycles. The molecule has 2 aromatic carbocycles. The maximum absolute atomic E-state index is 5.34. The molecule has 0 fully saturated rings. The largest absolute Gasteiger partial charge is 0.493 e. The molecule has 1 atom stereocenters. The fourth-order valence-corrected chi connectivity index (χ4v) is 3.11. The molecular weight excluding hydrogens is 384 g/mol. The Balaban J connectivity index is 2.17. The molecule has 1 unspecified atom stereocenters. The van der Waals surface area contributed by atoms with E-state index in [9.17, 15) is 0 Å². The number of alkyl halides is 1. The molecule has 2 nitrogen and oxygen atoms in total. The van der Waals surface area contributed by atoms with Crippen LogP contribution in [0.25, 0.3) is 0 Å². The second-order valence-electron chi connectivity index (χ2n) is 4.42. The second kappa shape index (κ2) is 7.14. The van der Waals surface area contributed by atoms with Crippen LogP contribution in [-0.2, 0) is 6.42 Å². The summed E-state index contributed by atoms with van der Waals surface area (Å²) in [5.74, 6) is 1.52. The van der Waals surface area contributed by atoms with Crippen molar-refractivity contribution in [2.24, 2.45) is 0 Å². The number of rotatable bonds is 5. The lowest BCUT2D eigenvalue weighted by molar-refractivity contribution is 0.354. The quantitative estimate of drug-likeness (QED) is 0.647. The summed E-state index contributed by atoms with van der Waals surface area (Å²) in [5, 5.41) is 0. The first kappa shape index (κ1) is 15.4. The second-order valence-corrected chi connectivity index (χ2v) is 6.44. The summed E-state index contributed by atoms with van der Waals surface area (Å²) in [6, 6.07) is 14.3. The van der Waals surface area contributed by atoms with Crippen LogP contribution in [0.3, 0.4) is 0 Å². The highest BCUT2D eigenvalue weighted by molar-refractivity contribution is 9.10. The van der Waals surface area contributed by atoms with E-state index in [-0.39, 0.29) is 4.83 Å². The van der Waals surface area contributed by atoms with Crippen molar-refractivity contribution in [3.8, 4) is 11.5 Å². The molecule has 0 radical (unpaired) electrons. The van der Waals surface area contributed by atoms with Gasteiger partial charge >= 0.3 is 0 Å². The van der Waals surface area contributed by atoms with Crippen molar-refractivity contribution < 1.29 is 9.47 Å². The predicted molar refractivity (Wildman–Crippen MR) is 89.1 cm³/mol. The third-order valence-electron chi connectivity index (χ3n) is 3.07. The highest BCUT2D eigenvalue weighted by atomic mass is 79.9. The van der Waals surface area contributed by atoms with Gasteiger partial charge in [-0.25, -0.2) is 0 Å². The van der Waals surface area contributed by atoms with E-state index < -0.39 is 0 Å². The van der Waals surface area contributed by atoms with Crippen LogP contribution >= 0.6 is 31.9 Å². The normalized spacial score (nSPS) is 12.0. The molecule has 0 heterocycles. The summed E-state index contributed by atoms with van der Waals surface area (Å²) in [6.07, 6.45) is 0.886. The lowest BCUT2D eigenvalue weighted by Crippen LogP contribution is -1.97. The zero-order valence-corrected chi connectivity index (χ0v) is 14.6. The molecule has 20 heavy (non-hydrogen) atoms. The molecule has 0 aromatic heterocycles. The van der Waals surface area contributed by atoms with Crippen LogP contribution in [0.15, 0.2) is 46.9 Å². The molecule has 0 spiro atoms. The van der Waals surface area contributed by atoms with Gasteiger partial charge in [-0.2, -0.15) is 0 Å². The van der Waals surface area contributed by atoms with Crippen molar-refractivity contribution in [1.29, 1.82) is 0 Å². The van der Waals surface area contributed by atoms with E-state index in [1.54, 1.807) is 14.2 Å². The lowest BCUT2D eigenvalue weighted by atomic mass is 10.0. The van der Waals surface area contributed by atoms with Crippen LogP contribution in [-0.4, -0.2) is 14.2 Å². The summed E-state index contributed by atoms with van der Waals surface area (Å²) in [5.41, 5.74) is 2.44. The van der Waals surface area contributed by atoms with Crippen molar-refractivity contribution in [1.82, 2.24) is 0 Å². The highest BCUT2D eigenvalue weighted by Gasteiger charge is 2.11. The topological polar surface area (TPSA) is 18.5 Å². The fourth-order valence-electron chi connectivity index (χ4n) is 2.03. The van der Waals surface area contributed by atoms with Crippen LogP contribution in [0.1, 0.15) is 16.0 Å². The number of hydrogen-bond acceptors (Lipinski definition) is 2. The Bertz CT molecular complexity index is 584. The minimum atomic E-state index is 0.262. The number of methoxy groups -OCH3 is 2. The first-order valence-corrected chi connectivity index (χ1v) is 7.95. The van der Waals surface area contributed by atoms with Gasteiger partial charge in [0.1, 0.15) is 0 Å². The Morgan fingerprint density at radius 3 is 2.40 bits per heavy atom. The van der Waals surface area contributed by atoms with Gasteiger partial charge in [-0.3, -0.25) is 0 Å². The summed E-state index contributed by atoms with van der Waals surface area (Å²) in [6.45, 7) is 0. The zero-order chi connectivity index (χ0) is 14.5. The van der Waals surface area contributed by atoms with Crippen molar-refractivity contribution in [2.75, 3.05) is 14.2 Å². The predicted octanol–water partition coefficient (Wildman–Crippen LogP) is 5.15. The van der Waals surface area contributed by atoms with E-state index >= 15 is 0 Å². The first-order chi connectivity index (χ1) is 9.63. The molecule has 0 aliphatic rings. The Morgan fingerprint density at radius 2 is 1.75 bits per heavy atom. The third-order valence-corrected chi connectivity index (χ3v) is 4.42. The van der Waals surface area contributed by atoms with Crippen LogP contribution in [0.4, 0.5) is 0 Å². The standard InChI is InChI=1S/C16H16Br2O2/c1-19-15-7-6-11(9-16(15)20-2)8-14(18)12-4-3-5-13(17)10-12/h3-7,9-10,14H,8H2,1-2H3. The average molecular weight is 400 g/mol. The number of halogens is 2. The smallest absolute Gasteiger partial charge is 0.160 e.